The van der Waals surface area contributed by atoms with Crippen LogP contribution in [0.15, 0.2) is 29.0 Å². The Morgan fingerprint density at radius 1 is 1.42 bits per heavy atom. The third-order valence-electron chi connectivity index (χ3n) is 1.46. The highest BCUT2D eigenvalue weighted by Gasteiger charge is 2.23. The first kappa shape index (κ1) is 7.84. The molecule has 1 aliphatic heterocycles. The molecule has 0 fully saturated rings. The number of halogens is 1. The molecule has 0 radical (unpaired) electrons. The van der Waals surface area contributed by atoms with Gasteiger partial charge in [0.1, 0.15) is 5.75 Å². The van der Waals surface area contributed by atoms with Gasteiger partial charge in [-0.25, -0.2) is 4.57 Å². The summed E-state index contributed by atoms with van der Waals surface area (Å²) in [6, 6.07) is 7.15. The third kappa shape index (κ3) is 1.38. The minimum atomic E-state index is -3.28. The first-order valence-corrected chi connectivity index (χ1v) is 5.80. The maximum atomic E-state index is 11.1. The van der Waals surface area contributed by atoms with Crippen LogP contribution in [-0.2, 0) is 4.57 Å². The van der Waals surface area contributed by atoms with E-state index < -0.39 is 6.87 Å². The lowest BCUT2D eigenvalue weighted by molar-refractivity contribution is 0.497. The third-order valence-corrected chi connectivity index (χ3v) is 2.75. The van der Waals surface area contributed by atoms with Gasteiger partial charge in [0, 0.05) is 23.0 Å². The van der Waals surface area contributed by atoms with Crippen molar-refractivity contribution < 1.29 is 9.09 Å². The summed E-state index contributed by atoms with van der Waals surface area (Å²) in [6.45, 7) is -3.28. The number of para-hydroxylation sites is 1. The minimum Gasteiger partial charge on any atom is -0.416 e. The Morgan fingerprint density at radius 2 is 2.17 bits per heavy atom. The van der Waals surface area contributed by atoms with Crippen molar-refractivity contribution in [3.63, 3.8) is 0 Å². The van der Waals surface area contributed by atoms with Crippen molar-refractivity contribution in [1.82, 2.24) is 0 Å². The lowest BCUT2D eigenvalue weighted by Crippen LogP contribution is -1.96. The van der Waals surface area contributed by atoms with Crippen LogP contribution in [-0.4, -0.2) is 6.21 Å². The molecule has 0 saturated carbocycles. The predicted octanol–water partition coefficient (Wildman–Crippen LogP) is 2.84. The molecule has 0 spiro atoms. The zero-order chi connectivity index (χ0) is 8.60. The van der Waals surface area contributed by atoms with Gasteiger partial charge in [-0.15, -0.1) is 0 Å². The molecule has 0 amide bonds. The van der Waals surface area contributed by atoms with Crippen molar-refractivity contribution in [3.05, 3.63) is 29.8 Å². The standard InChI is InChI=1S/C7H5ClNO2P/c8-12(10)9-5-6-3-1-2-4-7(6)11-12/h1-5H. The van der Waals surface area contributed by atoms with Crippen LogP contribution < -0.4 is 4.52 Å². The molecule has 0 bridgehead atoms. The average molecular weight is 202 g/mol. The number of nitrogens with zero attached hydrogens (tertiary/aromatic N) is 1. The number of benzene rings is 1. The van der Waals surface area contributed by atoms with E-state index >= 15 is 0 Å². The maximum Gasteiger partial charge on any atom is 0.456 e. The van der Waals surface area contributed by atoms with Gasteiger partial charge in [-0.2, -0.15) is 4.76 Å². The van der Waals surface area contributed by atoms with Crippen LogP contribution in [0.3, 0.4) is 0 Å². The fourth-order valence-electron chi connectivity index (χ4n) is 0.946. The normalized spacial score (nSPS) is 26.1. The number of hydrogen-bond donors (Lipinski definition) is 0. The zero-order valence-electron chi connectivity index (χ0n) is 5.98. The van der Waals surface area contributed by atoms with E-state index in [1.807, 2.05) is 12.1 Å². The van der Waals surface area contributed by atoms with Crippen LogP contribution in [0.5, 0.6) is 5.75 Å². The summed E-state index contributed by atoms with van der Waals surface area (Å²) in [5.41, 5.74) is 0.796. The second kappa shape index (κ2) is 2.61. The van der Waals surface area contributed by atoms with E-state index in [0.717, 1.165) is 5.56 Å². The van der Waals surface area contributed by atoms with E-state index in [1.165, 1.54) is 6.21 Å². The summed E-state index contributed by atoms with van der Waals surface area (Å²) in [4.78, 5) is 0. The molecule has 0 aliphatic carbocycles. The van der Waals surface area contributed by atoms with Crippen LogP contribution in [0, 0.1) is 0 Å². The van der Waals surface area contributed by atoms with Gasteiger partial charge in [0.05, 0.1) is 0 Å². The van der Waals surface area contributed by atoms with Gasteiger partial charge in [-0.05, 0) is 12.1 Å². The van der Waals surface area contributed by atoms with Gasteiger partial charge in [-0.3, -0.25) is 0 Å². The fourth-order valence-corrected chi connectivity index (χ4v) is 2.02. The lowest BCUT2D eigenvalue weighted by atomic mass is 10.2. The van der Waals surface area contributed by atoms with Crippen molar-refractivity contribution in [2.45, 2.75) is 0 Å². The van der Waals surface area contributed by atoms with Crippen LogP contribution in [0.1, 0.15) is 5.56 Å². The summed E-state index contributed by atoms with van der Waals surface area (Å²) >= 11 is 5.44. The molecular weight excluding hydrogens is 197 g/mol. The molecular formula is C7H5ClNO2P. The summed E-state index contributed by atoms with van der Waals surface area (Å²) in [5.74, 6) is 0.519. The molecule has 0 aromatic heterocycles. The van der Waals surface area contributed by atoms with Crippen molar-refractivity contribution >= 4 is 24.3 Å². The molecule has 1 aromatic rings. The van der Waals surface area contributed by atoms with Gasteiger partial charge in [0.25, 0.3) is 0 Å². The highest BCUT2D eigenvalue weighted by molar-refractivity contribution is 7.84. The van der Waals surface area contributed by atoms with E-state index in [2.05, 4.69) is 4.76 Å². The van der Waals surface area contributed by atoms with E-state index in [1.54, 1.807) is 12.1 Å². The molecule has 3 nitrogen and oxygen atoms in total. The Kier molecular flexibility index (Phi) is 1.71. The first-order valence-electron chi connectivity index (χ1n) is 3.31. The topological polar surface area (TPSA) is 38.7 Å². The van der Waals surface area contributed by atoms with E-state index in [0.29, 0.717) is 5.75 Å². The van der Waals surface area contributed by atoms with Gasteiger partial charge < -0.3 is 4.52 Å². The fraction of sp³-hybridized carbons (Fsp3) is 0. The highest BCUT2D eigenvalue weighted by Crippen LogP contribution is 2.55. The second-order valence-corrected chi connectivity index (χ2v) is 4.92. The van der Waals surface area contributed by atoms with Crippen molar-refractivity contribution in [1.29, 1.82) is 0 Å². The van der Waals surface area contributed by atoms with Crippen LogP contribution >= 0.6 is 18.1 Å². The van der Waals surface area contributed by atoms with Gasteiger partial charge in [0.15, 0.2) is 0 Å². The summed E-state index contributed by atoms with van der Waals surface area (Å²) < 4.78 is 19.7. The maximum absolute atomic E-state index is 11.1. The van der Waals surface area contributed by atoms with Gasteiger partial charge >= 0.3 is 6.87 Å². The SMILES string of the molecule is O=P1(Cl)N=Cc2ccccc2O1. The Morgan fingerprint density at radius 3 is 3.00 bits per heavy atom. The van der Waals surface area contributed by atoms with E-state index in [4.69, 9.17) is 15.8 Å². The largest absolute Gasteiger partial charge is 0.456 e. The Bertz CT molecular complexity index is 391. The monoisotopic (exact) mass is 201 g/mol. The molecule has 62 valence electrons. The zero-order valence-corrected chi connectivity index (χ0v) is 7.63. The number of fused-ring (bicyclic) bond motifs is 1. The average Bonchev–Trinajstić information content (AvgIpc) is 2.02. The van der Waals surface area contributed by atoms with Crippen molar-refractivity contribution in [2.75, 3.05) is 0 Å². The van der Waals surface area contributed by atoms with Crippen molar-refractivity contribution in [3.8, 4) is 5.75 Å². The molecule has 5 heteroatoms. The quantitative estimate of drug-likeness (QED) is 0.606. The predicted molar refractivity (Wildman–Crippen MR) is 48.1 cm³/mol. The van der Waals surface area contributed by atoms with E-state index in [9.17, 15) is 4.57 Å². The minimum absolute atomic E-state index is 0.519. The van der Waals surface area contributed by atoms with Gasteiger partial charge in [0.2, 0.25) is 0 Å². The summed E-state index contributed by atoms with van der Waals surface area (Å²) in [6.07, 6.45) is 1.46. The summed E-state index contributed by atoms with van der Waals surface area (Å²) in [7, 11) is 0. The molecule has 0 saturated heterocycles. The second-order valence-electron chi connectivity index (χ2n) is 2.33. The Labute approximate surface area is 74.3 Å². The van der Waals surface area contributed by atoms with Gasteiger partial charge in [-0.1, -0.05) is 12.1 Å². The molecule has 1 aliphatic rings. The Hall–Kier alpha value is -0.790. The molecule has 12 heavy (non-hydrogen) atoms. The van der Waals surface area contributed by atoms with Crippen LogP contribution in [0.2, 0.25) is 0 Å². The molecule has 1 aromatic carbocycles. The lowest BCUT2D eigenvalue weighted by Gasteiger charge is -2.14. The molecule has 0 N–H and O–H groups in total. The molecule has 1 atom stereocenters. The molecule has 1 heterocycles. The smallest absolute Gasteiger partial charge is 0.416 e. The number of rotatable bonds is 0. The molecule has 2 rings (SSSR count). The summed E-state index contributed by atoms with van der Waals surface area (Å²) in [5, 5.41) is 0. The Balaban J connectivity index is 2.53. The number of hydrogen-bond acceptors (Lipinski definition) is 2. The van der Waals surface area contributed by atoms with E-state index in [-0.39, 0.29) is 0 Å². The highest BCUT2D eigenvalue weighted by atomic mass is 35.7. The van der Waals surface area contributed by atoms with Crippen LogP contribution in [0.25, 0.3) is 0 Å². The van der Waals surface area contributed by atoms with Crippen LogP contribution in [0.4, 0.5) is 0 Å². The molecule has 1 unspecified atom stereocenters. The van der Waals surface area contributed by atoms with Crippen molar-refractivity contribution in [2.24, 2.45) is 4.76 Å². The first-order chi connectivity index (χ1) is 5.67.